The zero-order chi connectivity index (χ0) is 28.7. The molecule has 2 amide bonds. The molecule has 3 aromatic rings. The highest BCUT2D eigenvalue weighted by atomic mass is 35.5. The van der Waals surface area contributed by atoms with E-state index in [1.165, 1.54) is 48.2 Å². The van der Waals surface area contributed by atoms with Crippen LogP contribution in [0.15, 0.2) is 77.7 Å². The Bertz CT molecular complexity index is 1430. The number of carbonyl (C=O) groups is 2. The van der Waals surface area contributed by atoms with Crippen LogP contribution in [0.25, 0.3) is 0 Å². The van der Waals surface area contributed by atoms with Gasteiger partial charge < -0.3 is 10.2 Å². The highest BCUT2D eigenvalue weighted by Gasteiger charge is 2.33. The molecule has 1 N–H and O–H groups in total. The van der Waals surface area contributed by atoms with Crippen molar-refractivity contribution in [2.24, 2.45) is 0 Å². The topological polar surface area (TPSA) is 130 Å². The Morgan fingerprint density at radius 3 is 2.10 bits per heavy atom. The standard InChI is InChI=1S/C26H26Cl2N4O6S/c1-3-29-26(34)18(2)30(16-22-23(27)10-7-11-24(22)28)25(33)17-31(19-12-14-20(15-13-19)32(35)36)39(37,38)21-8-5-4-6-9-21/h4-15,18H,3,16-17H2,1-2H3,(H,29,34)/t18-/m1/s1. The zero-order valence-electron chi connectivity index (χ0n) is 21.1. The molecule has 0 spiro atoms. The van der Waals surface area contributed by atoms with Crippen molar-refractivity contribution < 1.29 is 22.9 Å². The average molecular weight is 593 g/mol. The Balaban J connectivity index is 2.07. The summed E-state index contributed by atoms with van der Waals surface area (Å²) in [6.45, 7) is 2.67. The highest BCUT2D eigenvalue weighted by Crippen LogP contribution is 2.29. The molecule has 0 unspecified atom stereocenters. The molecule has 0 aliphatic rings. The summed E-state index contributed by atoms with van der Waals surface area (Å²) < 4.78 is 28.2. The molecule has 0 radical (unpaired) electrons. The molecule has 0 aromatic heterocycles. The fourth-order valence-electron chi connectivity index (χ4n) is 3.75. The fraction of sp³-hybridized carbons (Fsp3) is 0.231. The van der Waals surface area contributed by atoms with Crippen LogP contribution in [0.3, 0.4) is 0 Å². The van der Waals surface area contributed by atoms with Gasteiger partial charge in [-0.1, -0.05) is 47.5 Å². The molecule has 206 valence electrons. The molecule has 3 rings (SSSR count). The van der Waals surface area contributed by atoms with Crippen molar-refractivity contribution in [3.05, 3.63) is 98.5 Å². The van der Waals surface area contributed by atoms with Gasteiger partial charge >= 0.3 is 0 Å². The minimum Gasteiger partial charge on any atom is -0.355 e. The first-order valence-electron chi connectivity index (χ1n) is 11.8. The Morgan fingerprint density at radius 2 is 1.56 bits per heavy atom. The number of nitro benzene ring substituents is 1. The SMILES string of the molecule is CCNC(=O)[C@@H](C)N(Cc1c(Cl)cccc1Cl)C(=O)CN(c1ccc([N+](=O)[O-])cc1)S(=O)(=O)c1ccccc1. The van der Waals surface area contributed by atoms with Crippen molar-refractivity contribution in [1.29, 1.82) is 0 Å². The van der Waals surface area contributed by atoms with E-state index >= 15 is 0 Å². The number of benzene rings is 3. The number of hydrogen-bond donors (Lipinski definition) is 1. The molecule has 39 heavy (non-hydrogen) atoms. The summed E-state index contributed by atoms with van der Waals surface area (Å²) in [5.74, 6) is -1.18. The van der Waals surface area contributed by atoms with Gasteiger partial charge in [-0.05, 0) is 50.2 Å². The average Bonchev–Trinajstić information content (AvgIpc) is 2.91. The van der Waals surface area contributed by atoms with Gasteiger partial charge in [-0.2, -0.15) is 0 Å². The molecule has 0 bridgehead atoms. The lowest BCUT2D eigenvalue weighted by Crippen LogP contribution is -2.51. The van der Waals surface area contributed by atoms with Crippen LogP contribution in [0.2, 0.25) is 10.0 Å². The van der Waals surface area contributed by atoms with Gasteiger partial charge in [-0.25, -0.2) is 8.42 Å². The van der Waals surface area contributed by atoms with Gasteiger partial charge in [0.25, 0.3) is 15.7 Å². The summed E-state index contributed by atoms with van der Waals surface area (Å²) in [5, 5.41) is 14.3. The van der Waals surface area contributed by atoms with Gasteiger partial charge in [0.05, 0.1) is 15.5 Å². The van der Waals surface area contributed by atoms with Gasteiger partial charge in [0, 0.05) is 40.8 Å². The molecule has 0 aliphatic heterocycles. The van der Waals surface area contributed by atoms with Crippen molar-refractivity contribution in [3.63, 3.8) is 0 Å². The Labute approximate surface area is 236 Å². The van der Waals surface area contributed by atoms with Crippen molar-refractivity contribution in [2.75, 3.05) is 17.4 Å². The van der Waals surface area contributed by atoms with E-state index in [0.717, 1.165) is 16.4 Å². The minimum absolute atomic E-state index is 0.0270. The summed E-state index contributed by atoms with van der Waals surface area (Å²) in [6.07, 6.45) is 0. The Hall–Kier alpha value is -3.67. The van der Waals surface area contributed by atoms with Crippen LogP contribution in [-0.2, 0) is 26.2 Å². The second-order valence-electron chi connectivity index (χ2n) is 8.39. The summed E-state index contributed by atoms with van der Waals surface area (Å²) in [5.41, 5.74) is 0.166. The molecular weight excluding hydrogens is 567 g/mol. The third kappa shape index (κ3) is 7.05. The van der Waals surface area contributed by atoms with Crippen LogP contribution in [-0.4, -0.2) is 49.2 Å². The molecule has 0 saturated carbocycles. The highest BCUT2D eigenvalue weighted by molar-refractivity contribution is 7.92. The Morgan fingerprint density at radius 1 is 0.974 bits per heavy atom. The van der Waals surface area contributed by atoms with E-state index in [4.69, 9.17) is 23.2 Å². The van der Waals surface area contributed by atoms with Crippen molar-refractivity contribution in [1.82, 2.24) is 10.2 Å². The van der Waals surface area contributed by atoms with Crippen LogP contribution < -0.4 is 9.62 Å². The van der Waals surface area contributed by atoms with Crippen LogP contribution >= 0.6 is 23.2 Å². The maximum absolute atomic E-state index is 13.8. The largest absolute Gasteiger partial charge is 0.355 e. The summed E-state index contributed by atoms with van der Waals surface area (Å²) in [6, 6.07) is 16.0. The van der Waals surface area contributed by atoms with E-state index in [1.807, 2.05) is 0 Å². The quantitative estimate of drug-likeness (QED) is 0.255. The number of nitrogens with one attached hydrogen (secondary N) is 1. The van der Waals surface area contributed by atoms with Crippen LogP contribution in [0.4, 0.5) is 11.4 Å². The normalized spacial score (nSPS) is 11.9. The number of hydrogen-bond acceptors (Lipinski definition) is 6. The van der Waals surface area contributed by atoms with Crippen LogP contribution in [0, 0.1) is 10.1 Å². The van der Waals surface area contributed by atoms with E-state index in [1.54, 1.807) is 31.2 Å². The summed E-state index contributed by atoms with van der Waals surface area (Å²) in [4.78, 5) is 38.2. The monoisotopic (exact) mass is 592 g/mol. The van der Waals surface area contributed by atoms with Crippen LogP contribution in [0.5, 0.6) is 0 Å². The second-order valence-corrected chi connectivity index (χ2v) is 11.1. The molecule has 1 atom stereocenters. The smallest absolute Gasteiger partial charge is 0.269 e. The molecule has 10 nitrogen and oxygen atoms in total. The molecule has 0 fully saturated rings. The number of amides is 2. The minimum atomic E-state index is -4.30. The predicted molar refractivity (Wildman–Crippen MR) is 149 cm³/mol. The molecule has 0 aliphatic carbocycles. The van der Waals surface area contributed by atoms with Gasteiger partial charge in [0.1, 0.15) is 12.6 Å². The number of non-ortho nitro benzene ring substituents is 1. The maximum Gasteiger partial charge on any atom is 0.269 e. The van der Waals surface area contributed by atoms with E-state index in [2.05, 4.69) is 5.32 Å². The van der Waals surface area contributed by atoms with E-state index in [9.17, 15) is 28.1 Å². The summed E-state index contributed by atoms with van der Waals surface area (Å²) >= 11 is 12.7. The van der Waals surface area contributed by atoms with E-state index < -0.39 is 39.3 Å². The molecule has 13 heteroatoms. The number of anilines is 1. The Kier molecular flexibility index (Phi) is 9.90. The number of carbonyl (C=O) groups excluding carboxylic acids is 2. The molecule has 0 heterocycles. The number of halogens is 2. The molecular formula is C26H26Cl2N4O6S. The number of nitro groups is 1. The number of sulfonamides is 1. The third-order valence-electron chi connectivity index (χ3n) is 5.87. The first-order valence-corrected chi connectivity index (χ1v) is 14.0. The fourth-order valence-corrected chi connectivity index (χ4v) is 5.70. The lowest BCUT2D eigenvalue weighted by molar-refractivity contribution is -0.384. The third-order valence-corrected chi connectivity index (χ3v) is 8.36. The number of nitrogens with zero attached hydrogens (tertiary/aromatic N) is 3. The first kappa shape index (κ1) is 29.9. The van der Waals surface area contributed by atoms with Crippen molar-refractivity contribution >= 4 is 56.4 Å². The second kappa shape index (κ2) is 12.9. The van der Waals surface area contributed by atoms with Crippen LogP contribution in [0.1, 0.15) is 19.4 Å². The zero-order valence-corrected chi connectivity index (χ0v) is 23.4. The van der Waals surface area contributed by atoms with Crippen molar-refractivity contribution in [3.8, 4) is 0 Å². The summed E-state index contributed by atoms with van der Waals surface area (Å²) in [7, 11) is -4.30. The number of likely N-dealkylation sites (N-methyl/N-ethyl adjacent to an activating group) is 1. The lowest BCUT2D eigenvalue weighted by atomic mass is 10.1. The predicted octanol–water partition coefficient (Wildman–Crippen LogP) is 4.65. The maximum atomic E-state index is 13.8. The number of rotatable bonds is 11. The molecule has 3 aromatic carbocycles. The van der Waals surface area contributed by atoms with Gasteiger partial charge in [-0.3, -0.25) is 24.0 Å². The molecule has 0 saturated heterocycles. The van der Waals surface area contributed by atoms with Crippen molar-refractivity contribution in [2.45, 2.75) is 31.3 Å². The van der Waals surface area contributed by atoms with E-state index in [-0.39, 0.29) is 32.9 Å². The van der Waals surface area contributed by atoms with Gasteiger partial charge in [0.2, 0.25) is 11.8 Å². The first-order chi connectivity index (χ1) is 18.5. The van der Waals surface area contributed by atoms with Gasteiger partial charge in [0.15, 0.2) is 0 Å². The van der Waals surface area contributed by atoms with E-state index in [0.29, 0.717) is 12.1 Å². The van der Waals surface area contributed by atoms with Gasteiger partial charge in [-0.15, -0.1) is 0 Å². The lowest BCUT2D eigenvalue weighted by Gasteiger charge is -2.32.